The van der Waals surface area contributed by atoms with Crippen LogP contribution in [0.15, 0.2) is 72.8 Å². The Morgan fingerprint density at radius 2 is 1.34 bits per heavy atom. The second-order valence-electron chi connectivity index (χ2n) is 6.31. The second-order valence-corrected chi connectivity index (χ2v) is 7.06. The lowest BCUT2D eigenvalue weighted by Crippen LogP contribution is -2.68. The number of aryl methyl sites for hydroxylation is 1. The van der Waals surface area contributed by atoms with Crippen molar-refractivity contribution in [2.45, 2.75) is 0 Å². The summed E-state index contributed by atoms with van der Waals surface area (Å²) in [5.41, 5.74) is 3.11. The first kappa shape index (κ1) is 20.7. The molecule has 1 aromatic heterocycles. The van der Waals surface area contributed by atoms with Crippen LogP contribution in [-0.4, -0.2) is 5.11 Å². The van der Waals surface area contributed by atoms with E-state index in [2.05, 4.69) is 41.9 Å². The van der Waals surface area contributed by atoms with Crippen LogP contribution in [-0.2, 0) is 7.05 Å². The first-order chi connectivity index (χ1) is 13.7. The summed E-state index contributed by atoms with van der Waals surface area (Å²) in [5.74, 6) is 0.299. The van der Waals surface area contributed by atoms with Crippen molar-refractivity contribution in [3.8, 4) is 5.75 Å². The van der Waals surface area contributed by atoms with Crippen LogP contribution < -0.4 is 23.2 Å². The molecule has 0 fully saturated rings. The minimum Gasteiger partial charge on any atom is -0.507 e. The van der Waals surface area contributed by atoms with Crippen molar-refractivity contribution in [1.29, 1.82) is 0 Å². The van der Waals surface area contributed by atoms with Gasteiger partial charge in [0.25, 0.3) is 0 Å². The molecular weight excluding hydrogens is 394 g/mol. The van der Waals surface area contributed by atoms with Gasteiger partial charge in [-0.2, -0.15) is 4.57 Å². The van der Waals surface area contributed by atoms with Crippen LogP contribution in [0.3, 0.4) is 0 Å². The highest BCUT2D eigenvalue weighted by molar-refractivity contribution is 5.95. The van der Waals surface area contributed by atoms with E-state index >= 15 is 0 Å². The molecule has 0 aliphatic heterocycles. The Kier molecular flexibility index (Phi) is 6.12. The summed E-state index contributed by atoms with van der Waals surface area (Å²) >= 11 is 0. The number of phenols is 1. The molecular formula is C22H18ClNO5. The fraction of sp³-hybridized carbons (Fsp3) is 0.0455. The van der Waals surface area contributed by atoms with Crippen LogP contribution in [0.25, 0.3) is 33.8 Å². The highest BCUT2D eigenvalue weighted by atomic mass is 35.7. The van der Waals surface area contributed by atoms with Crippen molar-refractivity contribution >= 4 is 33.8 Å². The first-order valence-electron chi connectivity index (χ1n) is 8.62. The average molecular weight is 412 g/mol. The summed E-state index contributed by atoms with van der Waals surface area (Å²) < 4.78 is 36.1. The van der Waals surface area contributed by atoms with Gasteiger partial charge in [-0.05, 0) is 35.0 Å². The normalized spacial score (nSPS) is 11.6. The van der Waals surface area contributed by atoms with Crippen molar-refractivity contribution < 1.29 is 38.6 Å². The maximum absolute atomic E-state index is 10.3. The van der Waals surface area contributed by atoms with Crippen LogP contribution in [0.2, 0.25) is 0 Å². The Bertz CT molecular complexity index is 1180. The molecule has 0 spiro atoms. The molecule has 0 unspecified atom stereocenters. The average Bonchev–Trinajstić information content (AvgIpc) is 2.67. The molecule has 29 heavy (non-hydrogen) atoms. The molecule has 3 aromatic carbocycles. The van der Waals surface area contributed by atoms with Crippen molar-refractivity contribution in [3.63, 3.8) is 0 Å². The summed E-state index contributed by atoms with van der Waals surface area (Å²) in [6.45, 7) is 0. The maximum Gasteiger partial charge on any atom is 0.212 e. The number of aromatic nitrogens is 1. The molecule has 0 amide bonds. The zero-order chi connectivity index (χ0) is 21.0. The molecule has 0 bridgehead atoms. The predicted molar refractivity (Wildman–Crippen MR) is 99.7 cm³/mol. The zero-order valence-electron chi connectivity index (χ0n) is 15.5. The lowest BCUT2D eigenvalue weighted by molar-refractivity contribution is -2.00. The number of fused-ring (bicyclic) bond motifs is 2. The van der Waals surface area contributed by atoms with E-state index < -0.39 is 10.2 Å². The summed E-state index contributed by atoms with van der Waals surface area (Å²) in [6.07, 6.45) is 4.04. The van der Waals surface area contributed by atoms with E-state index in [9.17, 15) is 5.11 Å². The minimum absolute atomic E-state index is 0.299. The number of phenolic OH excluding ortho intramolecular Hbond substituents is 1. The Labute approximate surface area is 169 Å². The highest BCUT2D eigenvalue weighted by Gasteiger charge is 2.09. The molecule has 1 N–H and O–H groups in total. The van der Waals surface area contributed by atoms with E-state index in [1.54, 1.807) is 6.07 Å². The van der Waals surface area contributed by atoms with Gasteiger partial charge in [-0.3, -0.25) is 0 Å². The van der Waals surface area contributed by atoms with Crippen molar-refractivity contribution in [1.82, 2.24) is 0 Å². The smallest absolute Gasteiger partial charge is 0.212 e. The molecule has 0 saturated heterocycles. The van der Waals surface area contributed by atoms with E-state index in [1.165, 1.54) is 10.9 Å². The molecule has 6 nitrogen and oxygen atoms in total. The van der Waals surface area contributed by atoms with Crippen molar-refractivity contribution in [2.24, 2.45) is 7.05 Å². The fourth-order valence-corrected chi connectivity index (χ4v) is 3.16. The van der Waals surface area contributed by atoms with Gasteiger partial charge in [0.15, 0.2) is 0 Å². The number of halogens is 1. The van der Waals surface area contributed by atoms with Crippen molar-refractivity contribution in [2.75, 3.05) is 0 Å². The lowest BCUT2D eigenvalue weighted by Gasteiger charge is -2.17. The van der Waals surface area contributed by atoms with Gasteiger partial charge in [-0.25, -0.2) is 18.6 Å². The molecule has 4 rings (SSSR count). The maximum atomic E-state index is 10.3. The monoisotopic (exact) mass is 411 g/mol. The third kappa shape index (κ3) is 5.29. The summed E-state index contributed by atoms with van der Waals surface area (Å²) in [7, 11) is -2.88. The van der Waals surface area contributed by atoms with Gasteiger partial charge in [0.2, 0.25) is 11.2 Å². The van der Waals surface area contributed by atoms with Gasteiger partial charge >= 0.3 is 0 Å². The quantitative estimate of drug-likeness (QED) is 0.464. The largest absolute Gasteiger partial charge is 0.507 e. The number of hydrogen-bond donors (Lipinski definition) is 1. The number of aromatic hydroxyl groups is 1. The Morgan fingerprint density at radius 1 is 0.759 bits per heavy atom. The second kappa shape index (κ2) is 8.57. The first-order valence-corrected chi connectivity index (χ1v) is 9.86. The number of nitrogens with zero attached hydrogens (tertiary/aromatic N) is 1. The predicted octanol–water partition coefficient (Wildman–Crippen LogP) is -0.0625. The molecule has 0 aliphatic carbocycles. The molecule has 0 radical (unpaired) electrons. The van der Waals surface area contributed by atoms with E-state index in [0.717, 1.165) is 22.0 Å². The van der Waals surface area contributed by atoms with E-state index in [0.29, 0.717) is 5.75 Å². The highest BCUT2D eigenvalue weighted by Crippen LogP contribution is 2.28. The Morgan fingerprint density at radius 3 is 2.07 bits per heavy atom. The van der Waals surface area contributed by atoms with Gasteiger partial charge in [0.1, 0.15) is 12.8 Å². The van der Waals surface area contributed by atoms with Crippen LogP contribution >= 0.6 is 0 Å². The van der Waals surface area contributed by atoms with Gasteiger partial charge < -0.3 is 5.11 Å². The van der Waals surface area contributed by atoms with Crippen LogP contribution in [0.5, 0.6) is 5.75 Å². The minimum atomic E-state index is -4.94. The number of rotatable bonds is 2. The van der Waals surface area contributed by atoms with Gasteiger partial charge in [-0.15, -0.1) is 10.2 Å². The van der Waals surface area contributed by atoms with E-state index in [-0.39, 0.29) is 0 Å². The third-order valence-electron chi connectivity index (χ3n) is 4.49. The summed E-state index contributed by atoms with van der Waals surface area (Å²) in [5, 5.41) is 13.7. The lowest BCUT2D eigenvalue weighted by atomic mass is 10.0. The molecule has 7 heteroatoms. The Balaban J connectivity index is 0.000000431. The number of hydrogen-bond acceptors (Lipinski definition) is 5. The number of pyridine rings is 1. The van der Waals surface area contributed by atoms with Gasteiger partial charge in [0, 0.05) is 29.2 Å². The Hall–Kier alpha value is -3.00. The molecule has 4 aromatic rings. The van der Waals surface area contributed by atoms with Crippen LogP contribution in [0, 0.1) is 10.2 Å². The number of para-hydroxylation sites is 1. The van der Waals surface area contributed by atoms with E-state index in [4.69, 9.17) is 18.6 Å². The molecule has 0 aliphatic rings. The van der Waals surface area contributed by atoms with E-state index in [1.807, 2.05) is 48.6 Å². The van der Waals surface area contributed by atoms with Gasteiger partial charge in [0.05, 0.1) is 0 Å². The van der Waals surface area contributed by atoms with Crippen molar-refractivity contribution in [3.05, 3.63) is 84.1 Å². The van der Waals surface area contributed by atoms with Crippen LogP contribution in [0.4, 0.5) is 0 Å². The van der Waals surface area contributed by atoms with Crippen LogP contribution in [0.1, 0.15) is 11.3 Å². The summed E-state index contributed by atoms with van der Waals surface area (Å²) in [4.78, 5) is 0. The standard InChI is InChI=1S/C22H17NO.ClHO4/c1-23-18(12-10-17-7-3-5-9-21(17)23)13-14-20-19-8-4-2-6-16(19)11-15-22(20)24;2-1(3,4)5/h2-15H,1H3;(H,2,3,4,5). The molecule has 148 valence electrons. The molecule has 0 atom stereocenters. The SMILES string of the molecule is C[n+]1c(/C=C/c2c(O)ccc3ccccc23)ccc2ccccc21.[O-][Cl+3]([O-])([O-])[O-]. The van der Waals surface area contributed by atoms with Gasteiger partial charge in [-0.1, -0.05) is 42.5 Å². The zero-order valence-corrected chi connectivity index (χ0v) is 16.2. The molecule has 1 heterocycles. The third-order valence-corrected chi connectivity index (χ3v) is 4.49. The number of benzene rings is 3. The fourth-order valence-electron chi connectivity index (χ4n) is 3.16. The summed E-state index contributed by atoms with van der Waals surface area (Å²) in [6, 6.07) is 24.3. The molecule has 0 saturated carbocycles. The topological polar surface area (TPSA) is 116 Å².